The molecule has 0 bridgehead atoms. The molecule has 1 aromatic heterocycles. The van der Waals surface area contributed by atoms with E-state index in [0.717, 1.165) is 10.2 Å². The lowest BCUT2D eigenvalue weighted by Crippen LogP contribution is -2.36. The molecule has 11 heteroatoms. The van der Waals surface area contributed by atoms with E-state index in [1.54, 1.807) is 43.5 Å². The number of carbonyl (C=O) groups excluding carboxylic acids is 1. The van der Waals surface area contributed by atoms with Crippen LogP contribution in [0.5, 0.6) is 17.2 Å². The summed E-state index contributed by atoms with van der Waals surface area (Å²) in [6, 6.07) is 9.70. The number of ether oxygens (including phenoxy) is 3. The monoisotopic (exact) mass is 504 g/mol. The Morgan fingerprint density at radius 2 is 1.89 bits per heavy atom. The first-order chi connectivity index (χ1) is 17.2. The molecule has 0 unspecified atom stereocenters. The van der Waals surface area contributed by atoms with Gasteiger partial charge in [0.2, 0.25) is 0 Å². The van der Waals surface area contributed by atoms with Gasteiger partial charge in [-0.1, -0.05) is 18.2 Å². The second kappa shape index (κ2) is 10.4. The maximum absolute atomic E-state index is 13.9. The largest absolute Gasteiger partial charge is 0.497 e. The quantitative estimate of drug-likeness (QED) is 0.469. The van der Waals surface area contributed by atoms with Gasteiger partial charge in [-0.05, 0) is 41.8 Å². The minimum absolute atomic E-state index is 0.0278. The Morgan fingerprint density at radius 3 is 2.58 bits per heavy atom. The number of rotatable bonds is 8. The third-order valence-electron chi connectivity index (χ3n) is 6.13. The number of amides is 1. The standard InChI is InChI=1S/C25H27F3N4O4/c1-34-17-6-4-5-16(12-17)19-13-22(25(26,27)28)32-23(31-19)18(14-30-32)24(33)29-10-9-15-7-8-20(35-2)21(11-15)36-3/h4-8,11-12,14,19,22,31H,9-10,13H2,1-3H3,(H,29,33)/t19-,22-/m1/s1. The van der Waals surface area contributed by atoms with Crippen molar-refractivity contribution in [1.82, 2.24) is 15.1 Å². The van der Waals surface area contributed by atoms with E-state index < -0.39 is 24.2 Å². The first kappa shape index (κ1) is 25.2. The summed E-state index contributed by atoms with van der Waals surface area (Å²) in [5.74, 6) is 1.20. The molecule has 0 aliphatic carbocycles. The van der Waals surface area contributed by atoms with Gasteiger partial charge in [0.1, 0.15) is 17.1 Å². The summed E-state index contributed by atoms with van der Waals surface area (Å²) in [6.07, 6.45) is -3.16. The number of alkyl halides is 3. The second-order valence-electron chi connectivity index (χ2n) is 8.31. The molecule has 1 aliphatic heterocycles. The topological polar surface area (TPSA) is 86.6 Å². The van der Waals surface area contributed by atoms with Crippen LogP contribution in [-0.2, 0) is 6.42 Å². The lowest BCUT2D eigenvalue weighted by Gasteiger charge is -2.34. The molecule has 2 aromatic carbocycles. The van der Waals surface area contributed by atoms with Crippen molar-refractivity contribution in [2.75, 3.05) is 33.2 Å². The van der Waals surface area contributed by atoms with E-state index >= 15 is 0 Å². The van der Waals surface area contributed by atoms with Crippen molar-refractivity contribution in [1.29, 1.82) is 0 Å². The van der Waals surface area contributed by atoms with E-state index in [1.807, 2.05) is 6.07 Å². The minimum Gasteiger partial charge on any atom is -0.497 e. The highest BCUT2D eigenvalue weighted by Crippen LogP contribution is 2.44. The van der Waals surface area contributed by atoms with Crippen LogP contribution in [0, 0.1) is 0 Å². The average molecular weight is 505 g/mol. The van der Waals surface area contributed by atoms with Gasteiger partial charge in [-0.2, -0.15) is 18.3 Å². The van der Waals surface area contributed by atoms with E-state index in [0.29, 0.717) is 29.2 Å². The fraction of sp³-hybridized carbons (Fsp3) is 0.360. The normalized spacial score (nSPS) is 17.1. The Labute approximate surface area is 206 Å². The zero-order valence-corrected chi connectivity index (χ0v) is 20.1. The Balaban J connectivity index is 1.52. The molecule has 4 rings (SSSR count). The van der Waals surface area contributed by atoms with Gasteiger partial charge in [0.15, 0.2) is 17.5 Å². The van der Waals surface area contributed by atoms with Crippen LogP contribution in [0.25, 0.3) is 0 Å². The van der Waals surface area contributed by atoms with Gasteiger partial charge in [-0.25, -0.2) is 4.68 Å². The molecule has 8 nitrogen and oxygen atoms in total. The average Bonchev–Trinajstić information content (AvgIpc) is 3.31. The molecule has 0 saturated heterocycles. The number of nitrogens with zero attached hydrogens (tertiary/aromatic N) is 2. The molecule has 0 fully saturated rings. The van der Waals surface area contributed by atoms with Gasteiger partial charge < -0.3 is 24.8 Å². The summed E-state index contributed by atoms with van der Waals surface area (Å²) in [4.78, 5) is 12.9. The predicted octanol–water partition coefficient (Wildman–Crippen LogP) is 4.54. The molecule has 0 spiro atoms. The van der Waals surface area contributed by atoms with Gasteiger partial charge >= 0.3 is 6.18 Å². The molecule has 2 heterocycles. The highest BCUT2D eigenvalue weighted by atomic mass is 19.4. The number of hydrogen-bond acceptors (Lipinski definition) is 6. The van der Waals surface area contributed by atoms with Crippen molar-refractivity contribution in [3.63, 3.8) is 0 Å². The van der Waals surface area contributed by atoms with Gasteiger partial charge in [0.05, 0.1) is 33.6 Å². The lowest BCUT2D eigenvalue weighted by molar-refractivity contribution is -0.173. The Hall–Kier alpha value is -3.89. The highest BCUT2D eigenvalue weighted by Gasteiger charge is 2.47. The number of benzene rings is 2. The number of hydrogen-bond donors (Lipinski definition) is 2. The van der Waals surface area contributed by atoms with Gasteiger partial charge in [0.25, 0.3) is 5.91 Å². The van der Waals surface area contributed by atoms with Crippen LogP contribution >= 0.6 is 0 Å². The first-order valence-corrected chi connectivity index (χ1v) is 11.3. The minimum atomic E-state index is -4.54. The van der Waals surface area contributed by atoms with Crippen LogP contribution in [0.4, 0.5) is 19.0 Å². The Kier molecular flexibility index (Phi) is 7.27. The number of anilines is 1. The molecule has 2 atom stereocenters. The van der Waals surface area contributed by atoms with Crippen molar-refractivity contribution < 1.29 is 32.2 Å². The molecule has 1 amide bonds. The van der Waals surface area contributed by atoms with E-state index in [9.17, 15) is 18.0 Å². The van der Waals surface area contributed by atoms with Crippen LogP contribution in [0.15, 0.2) is 48.7 Å². The molecule has 36 heavy (non-hydrogen) atoms. The molecule has 192 valence electrons. The van der Waals surface area contributed by atoms with Crippen LogP contribution < -0.4 is 24.8 Å². The van der Waals surface area contributed by atoms with E-state index in [2.05, 4.69) is 15.7 Å². The summed E-state index contributed by atoms with van der Waals surface area (Å²) >= 11 is 0. The molecule has 0 radical (unpaired) electrons. The van der Waals surface area contributed by atoms with E-state index in [4.69, 9.17) is 14.2 Å². The number of carbonyl (C=O) groups is 1. The highest BCUT2D eigenvalue weighted by molar-refractivity contribution is 5.98. The molecule has 0 saturated carbocycles. The molecular weight excluding hydrogens is 477 g/mol. The van der Waals surface area contributed by atoms with Crippen molar-refractivity contribution in [2.45, 2.75) is 31.1 Å². The summed E-state index contributed by atoms with van der Waals surface area (Å²) < 4.78 is 58.4. The lowest BCUT2D eigenvalue weighted by atomic mass is 9.96. The predicted molar refractivity (Wildman–Crippen MR) is 127 cm³/mol. The Morgan fingerprint density at radius 1 is 1.11 bits per heavy atom. The molecule has 2 N–H and O–H groups in total. The third kappa shape index (κ3) is 5.19. The number of nitrogens with one attached hydrogen (secondary N) is 2. The number of halogens is 3. The third-order valence-corrected chi connectivity index (χ3v) is 6.13. The summed E-state index contributed by atoms with van der Waals surface area (Å²) in [7, 11) is 4.57. The van der Waals surface area contributed by atoms with Gasteiger partial charge in [-0.15, -0.1) is 0 Å². The second-order valence-corrected chi connectivity index (χ2v) is 8.31. The molecular formula is C25H27F3N4O4. The number of methoxy groups -OCH3 is 3. The van der Waals surface area contributed by atoms with Crippen molar-refractivity contribution in [3.05, 3.63) is 65.4 Å². The van der Waals surface area contributed by atoms with Gasteiger partial charge in [0, 0.05) is 13.0 Å². The number of fused-ring (bicyclic) bond motifs is 1. The van der Waals surface area contributed by atoms with Gasteiger partial charge in [-0.3, -0.25) is 4.79 Å². The van der Waals surface area contributed by atoms with E-state index in [-0.39, 0.29) is 24.3 Å². The zero-order chi connectivity index (χ0) is 25.9. The Bertz CT molecular complexity index is 1230. The number of aromatic nitrogens is 2. The maximum atomic E-state index is 13.9. The van der Waals surface area contributed by atoms with Crippen molar-refractivity contribution >= 4 is 11.7 Å². The summed E-state index contributed by atoms with van der Waals surface area (Å²) in [5, 5.41) is 9.77. The van der Waals surface area contributed by atoms with Crippen LogP contribution in [0.3, 0.4) is 0 Å². The fourth-order valence-corrected chi connectivity index (χ4v) is 4.26. The van der Waals surface area contributed by atoms with Crippen LogP contribution in [0.2, 0.25) is 0 Å². The van der Waals surface area contributed by atoms with Crippen LogP contribution in [0.1, 0.15) is 40.0 Å². The SMILES string of the molecule is COc1cccc([C@H]2C[C@H](C(F)(F)F)n3ncc(C(=O)NCCc4ccc(OC)c(OC)c4)c3N2)c1. The van der Waals surface area contributed by atoms with Crippen molar-refractivity contribution in [3.8, 4) is 17.2 Å². The maximum Gasteiger partial charge on any atom is 0.410 e. The molecule has 3 aromatic rings. The molecule has 1 aliphatic rings. The first-order valence-electron chi connectivity index (χ1n) is 11.3. The smallest absolute Gasteiger partial charge is 0.410 e. The van der Waals surface area contributed by atoms with Crippen molar-refractivity contribution in [2.24, 2.45) is 0 Å². The zero-order valence-electron chi connectivity index (χ0n) is 20.1. The van der Waals surface area contributed by atoms with E-state index in [1.165, 1.54) is 20.4 Å². The summed E-state index contributed by atoms with van der Waals surface area (Å²) in [6.45, 7) is 0.265. The summed E-state index contributed by atoms with van der Waals surface area (Å²) in [5.41, 5.74) is 1.57. The fourth-order valence-electron chi connectivity index (χ4n) is 4.26. The van der Waals surface area contributed by atoms with Crippen LogP contribution in [-0.4, -0.2) is 49.7 Å².